The van der Waals surface area contributed by atoms with Gasteiger partial charge in [-0.2, -0.15) is 5.26 Å². The maximum absolute atomic E-state index is 8.85. The van der Waals surface area contributed by atoms with E-state index < -0.39 is 0 Å². The molecule has 16 heavy (non-hydrogen) atoms. The lowest BCUT2D eigenvalue weighted by atomic mass is 10.0. The number of nitriles is 1. The third kappa shape index (κ3) is 6.09. The van der Waals surface area contributed by atoms with Crippen LogP contribution in [0.15, 0.2) is 0 Å². The van der Waals surface area contributed by atoms with Crippen molar-refractivity contribution in [2.24, 2.45) is 5.92 Å². The maximum Gasteiger partial charge on any atom is 0.0962 e. The smallest absolute Gasteiger partial charge is 0.0962 e. The number of nitrogens with zero attached hydrogens (tertiary/aromatic N) is 2. The van der Waals surface area contributed by atoms with Gasteiger partial charge in [-0.1, -0.05) is 33.6 Å². The summed E-state index contributed by atoms with van der Waals surface area (Å²) in [5.74, 6) is 0.801. The second-order valence-corrected chi connectivity index (χ2v) is 4.33. The van der Waals surface area contributed by atoms with Crippen LogP contribution in [0.25, 0.3) is 0 Å². The Hall–Kier alpha value is -0.590. The van der Waals surface area contributed by atoms with Crippen LogP contribution in [0.1, 0.15) is 40.0 Å². The van der Waals surface area contributed by atoms with E-state index in [-0.39, 0.29) is 6.04 Å². The molecule has 0 amide bonds. The molecule has 0 fully saturated rings. The van der Waals surface area contributed by atoms with Crippen molar-refractivity contribution in [2.45, 2.75) is 46.1 Å². The first-order valence-electron chi connectivity index (χ1n) is 6.50. The topological polar surface area (TPSA) is 39.1 Å². The Labute approximate surface area is 101 Å². The van der Waals surface area contributed by atoms with Crippen molar-refractivity contribution < 1.29 is 0 Å². The van der Waals surface area contributed by atoms with E-state index >= 15 is 0 Å². The molecule has 0 radical (unpaired) electrons. The molecule has 1 N–H and O–H groups in total. The summed E-state index contributed by atoms with van der Waals surface area (Å²) >= 11 is 0. The van der Waals surface area contributed by atoms with Crippen molar-refractivity contribution in [3.8, 4) is 6.07 Å². The van der Waals surface area contributed by atoms with Gasteiger partial charge in [0, 0.05) is 13.1 Å². The molecule has 3 nitrogen and oxygen atoms in total. The van der Waals surface area contributed by atoms with Gasteiger partial charge in [-0.05, 0) is 25.9 Å². The van der Waals surface area contributed by atoms with E-state index in [0.29, 0.717) is 0 Å². The van der Waals surface area contributed by atoms with E-state index in [0.717, 1.165) is 25.4 Å². The molecule has 0 heterocycles. The normalized spacial score (nSPS) is 13.1. The molecule has 0 aromatic heterocycles. The summed E-state index contributed by atoms with van der Waals surface area (Å²) in [6.07, 6.45) is 3.42. The third-order valence-corrected chi connectivity index (χ3v) is 3.36. The van der Waals surface area contributed by atoms with Crippen LogP contribution in [-0.4, -0.2) is 37.6 Å². The molecule has 1 unspecified atom stereocenters. The minimum Gasteiger partial charge on any atom is -0.305 e. The van der Waals surface area contributed by atoms with Crippen LogP contribution in [0.4, 0.5) is 0 Å². The maximum atomic E-state index is 8.85. The zero-order chi connectivity index (χ0) is 12.4. The molecule has 0 spiro atoms. The van der Waals surface area contributed by atoms with Crippen LogP contribution >= 0.6 is 0 Å². The van der Waals surface area contributed by atoms with Crippen molar-refractivity contribution in [1.29, 1.82) is 5.26 Å². The third-order valence-electron chi connectivity index (χ3n) is 3.36. The van der Waals surface area contributed by atoms with Gasteiger partial charge in [-0.15, -0.1) is 0 Å². The zero-order valence-corrected chi connectivity index (χ0v) is 11.3. The molecule has 1 atom stereocenters. The van der Waals surface area contributed by atoms with Crippen molar-refractivity contribution in [2.75, 3.05) is 26.7 Å². The summed E-state index contributed by atoms with van der Waals surface area (Å²) in [5.41, 5.74) is 0. The Kier molecular flexibility index (Phi) is 9.27. The standard InChI is InChI=1S/C13H27N3/c1-5-12(6-2)11-16(7-3)9-8-13(10-14)15-4/h12-13,15H,5-9,11H2,1-4H3. The fourth-order valence-corrected chi connectivity index (χ4v) is 1.88. The number of rotatable bonds is 9. The van der Waals surface area contributed by atoms with E-state index in [2.05, 4.69) is 37.1 Å². The molecular formula is C13H27N3. The second kappa shape index (κ2) is 9.62. The number of hydrogen-bond acceptors (Lipinski definition) is 3. The average Bonchev–Trinajstić information content (AvgIpc) is 2.34. The fourth-order valence-electron chi connectivity index (χ4n) is 1.88. The van der Waals surface area contributed by atoms with Gasteiger partial charge in [0.1, 0.15) is 0 Å². The van der Waals surface area contributed by atoms with E-state index in [1.807, 2.05) is 7.05 Å². The highest BCUT2D eigenvalue weighted by Crippen LogP contribution is 2.10. The van der Waals surface area contributed by atoms with Crippen LogP contribution in [0.2, 0.25) is 0 Å². The lowest BCUT2D eigenvalue weighted by Crippen LogP contribution is -2.34. The Morgan fingerprint density at radius 3 is 2.25 bits per heavy atom. The van der Waals surface area contributed by atoms with Crippen molar-refractivity contribution in [1.82, 2.24) is 10.2 Å². The van der Waals surface area contributed by atoms with Gasteiger partial charge in [-0.25, -0.2) is 0 Å². The molecule has 0 saturated heterocycles. The summed E-state index contributed by atoms with van der Waals surface area (Å²) in [4.78, 5) is 2.46. The lowest BCUT2D eigenvalue weighted by molar-refractivity contribution is 0.227. The van der Waals surface area contributed by atoms with Crippen LogP contribution in [0.5, 0.6) is 0 Å². The fraction of sp³-hybridized carbons (Fsp3) is 0.923. The Balaban J connectivity index is 3.96. The molecule has 0 rings (SSSR count). The quantitative estimate of drug-likeness (QED) is 0.654. The second-order valence-electron chi connectivity index (χ2n) is 4.33. The van der Waals surface area contributed by atoms with Crippen LogP contribution in [0.3, 0.4) is 0 Å². The lowest BCUT2D eigenvalue weighted by Gasteiger charge is -2.25. The molecule has 0 saturated carbocycles. The largest absolute Gasteiger partial charge is 0.305 e. The van der Waals surface area contributed by atoms with Crippen LogP contribution in [-0.2, 0) is 0 Å². The minimum atomic E-state index is -0.00393. The molecule has 0 aliphatic carbocycles. The zero-order valence-electron chi connectivity index (χ0n) is 11.3. The molecule has 3 heteroatoms. The summed E-state index contributed by atoms with van der Waals surface area (Å²) in [7, 11) is 1.85. The first kappa shape index (κ1) is 15.4. The molecule has 0 bridgehead atoms. The average molecular weight is 225 g/mol. The van der Waals surface area contributed by atoms with Crippen LogP contribution in [0, 0.1) is 17.2 Å². The van der Waals surface area contributed by atoms with Gasteiger partial charge in [0.2, 0.25) is 0 Å². The predicted molar refractivity (Wildman–Crippen MR) is 69.3 cm³/mol. The highest BCUT2D eigenvalue weighted by atomic mass is 15.1. The first-order valence-corrected chi connectivity index (χ1v) is 6.50. The SMILES string of the molecule is CCC(CC)CN(CC)CCC(C#N)NC. The van der Waals surface area contributed by atoms with Crippen LogP contribution < -0.4 is 5.32 Å². The highest BCUT2D eigenvalue weighted by Gasteiger charge is 2.11. The van der Waals surface area contributed by atoms with Gasteiger partial charge >= 0.3 is 0 Å². The Morgan fingerprint density at radius 2 is 1.88 bits per heavy atom. The molecule has 0 aromatic rings. The van der Waals surface area contributed by atoms with Gasteiger partial charge in [-0.3, -0.25) is 0 Å². The summed E-state index contributed by atoms with van der Waals surface area (Å²) in [6, 6.07) is 2.27. The monoisotopic (exact) mass is 225 g/mol. The summed E-state index contributed by atoms with van der Waals surface area (Å²) in [5, 5.41) is 11.9. The first-order chi connectivity index (χ1) is 7.71. The molecular weight excluding hydrogens is 198 g/mol. The molecule has 0 aromatic carbocycles. The van der Waals surface area contributed by atoms with E-state index in [4.69, 9.17) is 5.26 Å². The number of nitrogens with one attached hydrogen (secondary N) is 1. The molecule has 0 aliphatic heterocycles. The van der Waals surface area contributed by atoms with E-state index in [9.17, 15) is 0 Å². The Bertz CT molecular complexity index is 194. The summed E-state index contributed by atoms with van der Waals surface area (Å²) < 4.78 is 0. The predicted octanol–water partition coefficient (Wildman–Crippen LogP) is 2.25. The van der Waals surface area contributed by atoms with Crippen molar-refractivity contribution in [3.05, 3.63) is 0 Å². The van der Waals surface area contributed by atoms with Crippen molar-refractivity contribution >= 4 is 0 Å². The van der Waals surface area contributed by atoms with E-state index in [1.54, 1.807) is 0 Å². The minimum absolute atomic E-state index is 0.00393. The number of hydrogen-bond donors (Lipinski definition) is 1. The summed E-state index contributed by atoms with van der Waals surface area (Å²) in [6.45, 7) is 9.99. The molecule has 0 aliphatic rings. The van der Waals surface area contributed by atoms with E-state index in [1.165, 1.54) is 19.4 Å². The van der Waals surface area contributed by atoms with Gasteiger partial charge in [0.25, 0.3) is 0 Å². The van der Waals surface area contributed by atoms with Gasteiger partial charge in [0.05, 0.1) is 12.1 Å². The Morgan fingerprint density at radius 1 is 1.25 bits per heavy atom. The van der Waals surface area contributed by atoms with Gasteiger partial charge < -0.3 is 10.2 Å². The highest BCUT2D eigenvalue weighted by molar-refractivity contribution is 4.89. The van der Waals surface area contributed by atoms with Crippen molar-refractivity contribution in [3.63, 3.8) is 0 Å². The molecule has 94 valence electrons. The van der Waals surface area contributed by atoms with Gasteiger partial charge in [0.15, 0.2) is 0 Å².